The third kappa shape index (κ3) is 3.16. The fourth-order valence-electron chi connectivity index (χ4n) is 2.74. The predicted octanol–water partition coefficient (Wildman–Crippen LogP) is 1.24. The highest BCUT2D eigenvalue weighted by Crippen LogP contribution is 2.18. The van der Waals surface area contributed by atoms with Gasteiger partial charge in [0.25, 0.3) is 0 Å². The Hall–Kier alpha value is -0.120. The molecule has 0 aliphatic carbocycles. The molecule has 0 spiro atoms. The molecule has 1 N–H and O–H groups in total. The van der Waals surface area contributed by atoms with Crippen molar-refractivity contribution < 1.29 is 4.74 Å². The fraction of sp³-hybridized carbons (Fsp3) is 1.00. The first-order chi connectivity index (χ1) is 7.38. The van der Waals surface area contributed by atoms with Gasteiger partial charge >= 0.3 is 0 Å². The quantitative estimate of drug-likeness (QED) is 0.745. The minimum absolute atomic E-state index is 0.746. The summed E-state index contributed by atoms with van der Waals surface area (Å²) in [7, 11) is 2.30. The number of hydrogen-bond donors (Lipinski definition) is 1. The van der Waals surface area contributed by atoms with Gasteiger partial charge in [0.05, 0.1) is 0 Å². The van der Waals surface area contributed by atoms with Crippen LogP contribution < -0.4 is 5.32 Å². The summed E-state index contributed by atoms with van der Waals surface area (Å²) >= 11 is 0. The molecular formula is C12H24N2O. The molecule has 2 saturated heterocycles. The molecule has 0 bridgehead atoms. The van der Waals surface area contributed by atoms with Gasteiger partial charge in [-0.25, -0.2) is 0 Å². The third-order valence-electron chi connectivity index (χ3n) is 3.86. The van der Waals surface area contributed by atoms with Gasteiger partial charge in [0.15, 0.2) is 0 Å². The van der Waals surface area contributed by atoms with E-state index in [1.54, 1.807) is 0 Å². The van der Waals surface area contributed by atoms with Gasteiger partial charge in [-0.15, -0.1) is 0 Å². The number of rotatable bonds is 2. The Labute approximate surface area is 93.2 Å². The molecular weight excluding hydrogens is 188 g/mol. The van der Waals surface area contributed by atoms with Crippen LogP contribution in [0.1, 0.15) is 32.1 Å². The minimum Gasteiger partial charge on any atom is -0.381 e. The van der Waals surface area contributed by atoms with Crippen molar-refractivity contribution in [2.24, 2.45) is 0 Å². The van der Waals surface area contributed by atoms with Crippen molar-refractivity contribution in [1.29, 1.82) is 0 Å². The van der Waals surface area contributed by atoms with E-state index in [0.29, 0.717) is 0 Å². The first kappa shape index (κ1) is 11.4. The fourth-order valence-corrected chi connectivity index (χ4v) is 2.74. The van der Waals surface area contributed by atoms with Gasteiger partial charge in [0.2, 0.25) is 0 Å². The van der Waals surface area contributed by atoms with Gasteiger partial charge in [0, 0.05) is 31.8 Å². The summed E-state index contributed by atoms with van der Waals surface area (Å²) in [4.78, 5) is 2.60. The molecule has 2 fully saturated rings. The highest BCUT2D eigenvalue weighted by molar-refractivity contribution is 4.81. The molecule has 88 valence electrons. The number of nitrogens with one attached hydrogen (secondary N) is 1. The zero-order valence-corrected chi connectivity index (χ0v) is 9.87. The second-order valence-electron chi connectivity index (χ2n) is 4.86. The van der Waals surface area contributed by atoms with Gasteiger partial charge in [0.1, 0.15) is 0 Å². The highest BCUT2D eigenvalue weighted by atomic mass is 16.5. The van der Waals surface area contributed by atoms with E-state index in [0.717, 1.165) is 25.3 Å². The van der Waals surface area contributed by atoms with E-state index >= 15 is 0 Å². The van der Waals surface area contributed by atoms with Crippen LogP contribution in [0.3, 0.4) is 0 Å². The lowest BCUT2D eigenvalue weighted by atomic mass is 10.0. The second-order valence-corrected chi connectivity index (χ2v) is 4.86. The zero-order valence-electron chi connectivity index (χ0n) is 9.87. The van der Waals surface area contributed by atoms with E-state index < -0.39 is 0 Å². The molecule has 2 aliphatic heterocycles. The summed E-state index contributed by atoms with van der Waals surface area (Å²) in [6.45, 7) is 4.29. The predicted molar refractivity (Wildman–Crippen MR) is 62.1 cm³/mol. The maximum absolute atomic E-state index is 5.42. The van der Waals surface area contributed by atoms with Crippen LogP contribution in [-0.2, 0) is 4.74 Å². The number of nitrogens with zero attached hydrogens (tertiary/aromatic N) is 1. The molecule has 2 aliphatic rings. The first-order valence-electron chi connectivity index (χ1n) is 6.38. The van der Waals surface area contributed by atoms with E-state index in [1.165, 1.54) is 45.2 Å². The average Bonchev–Trinajstić information content (AvgIpc) is 2.58. The van der Waals surface area contributed by atoms with E-state index in [9.17, 15) is 0 Å². The molecule has 1 atom stereocenters. The van der Waals surface area contributed by atoms with Crippen molar-refractivity contribution in [3.8, 4) is 0 Å². The summed E-state index contributed by atoms with van der Waals surface area (Å²) in [6.07, 6.45) is 6.52. The van der Waals surface area contributed by atoms with Gasteiger partial charge in [-0.2, -0.15) is 0 Å². The maximum atomic E-state index is 5.42. The van der Waals surface area contributed by atoms with E-state index in [1.807, 2.05) is 0 Å². The van der Waals surface area contributed by atoms with Crippen molar-refractivity contribution in [2.45, 2.75) is 44.2 Å². The highest BCUT2D eigenvalue weighted by Gasteiger charge is 2.25. The minimum atomic E-state index is 0.746. The Morgan fingerprint density at radius 2 is 1.87 bits per heavy atom. The standard InChI is InChI=1S/C12H24N2O/c1-14(11-5-8-15-9-6-11)12-4-2-3-7-13-10-12/h11-13H,2-10H2,1H3. The molecule has 0 radical (unpaired) electrons. The van der Waals surface area contributed by atoms with Gasteiger partial charge < -0.3 is 10.1 Å². The van der Waals surface area contributed by atoms with Crippen LogP contribution in [-0.4, -0.2) is 50.3 Å². The summed E-state index contributed by atoms with van der Waals surface area (Å²) in [5, 5.41) is 3.54. The van der Waals surface area contributed by atoms with Gasteiger partial charge in [-0.05, 0) is 39.3 Å². The van der Waals surface area contributed by atoms with Crippen LogP contribution in [0, 0.1) is 0 Å². The largest absolute Gasteiger partial charge is 0.381 e. The van der Waals surface area contributed by atoms with Crippen LogP contribution in [0.25, 0.3) is 0 Å². The molecule has 2 heterocycles. The lowest BCUT2D eigenvalue weighted by Crippen LogP contribution is -2.46. The summed E-state index contributed by atoms with van der Waals surface area (Å²) < 4.78 is 5.42. The van der Waals surface area contributed by atoms with Gasteiger partial charge in [-0.3, -0.25) is 4.90 Å². The number of hydrogen-bond acceptors (Lipinski definition) is 3. The van der Waals surface area contributed by atoms with Crippen LogP contribution in [0.5, 0.6) is 0 Å². The summed E-state index contributed by atoms with van der Waals surface area (Å²) in [5.41, 5.74) is 0. The van der Waals surface area contributed by atoms with Crippen molar-refractivity contribution in [3.05, 3.63) is 0 Å². The van der Waals surface area contributed by atoms with Gasteiger partial charge in [-0.1, -0.05) is 6.42 Å². The molecule has 0 saturated carbocycles. The molecule has 0 aromatic carbocycles. The van der Waals surface area contributed by atoms with Crippen molar-refractivity contribution in [2.75, 3.05) is 33.4 Å². The maximum Gasteiger partial charge on any atom is 0.0480 e. The van der Waals surface area contributed by atoms with Crippen LogP contribution >= 0.6 is 0 Å². The number of likely N-dealkylation sites (N-methyl/N-ethyl adjacent to an activating group) is 1. The first-order valence-corrected chi connectivity index (χ1v) is 6.38. The summed E-state index contributed by atoms with van der Waals surface area (Å²) in [5.74, 6) is 0. The second kappa shape index (κ2) is 5.83. The SMILES string of the molecule is CN(C1CCOCC1)C1CCCCNC1. The lowest BCUT2D eigenvalue weighted by molar-refractivity contribution is 0.0278. The Bertz CT molecular complexity index is 172. The van der Waals surface area contributed by atoms with Crippen molar-refractivity contribution in [1.82, 2.24) is 10.2 Å². The van der Waals surface area contributed by atoms with Crippen LogP contribution in [0.15, 0.2) is 0 Å². The molecule has 2 rings (SSSR count). The Kier molecular flexibility index (Phi) is 4.42. The lowest BCUT2D eigenvalue weighted by Gasteiger charge is -2.36. The Balaban J connectivity index is 1.83. The molecule has 0 amide bonds. The Morgan fingerprint density at radius 3 is 2.67 bits per heavy atom. The molecule has 1 unspecified atom stereocenters. The smallest absolute Gasteiger partial charge is 0.0480 e. The summed E-state index contributed by atoms with van der Waals surface area (Å²) in [6, 6.07) is 1.50. The molecule has 0 aromatic heterocycles. The van der Waals surface area contributed by atoms with E-state index in [4.69, 9.17) is 4.74 Å². The third-order valence-corrected chi connectivity index (χ3v) is 3.86. The average molecular weight is 212 g/mol. The number of ether oxygens (including phenoxy) is 1. The normalized spacial score (nSPS) is 30.4. The molecule has 0 aromatic rings. The topological polar surface area (TPSA) is 24.5 Å². The van der Waals surface area contributed by atoms with Crippen molar-refractivity contribution >= 4 is 0 Å². The van der Waals surface area contributed by atoms with Crippen LogP contribution in [0.2, 0.25) is 0 Å². The Morgan fingerprint density at radius 1 is 1.07 bits per heavy atom. The monoisotopic (exact) mass is 212 g/mol. The van der Waals surface area contributed by atoms with Crippen molar-refractivity contribution in [3.63, 3.8) is 0 Å². The molecule has 15 heavy (non-hydrogen) atoms. The molecule has 3 nitrogen and oxygen atoms in total. The van der Waals surface area contributed by atoms with E-state index in [2.05, 4.69) is 17.3 Å². The molecule has 3 heteroatoms. The van der Waals surface area contributed by atoms with E-state index in [-0.39, 0.29) is 0 Å². The van der Waals surface area contributed by atoms with Crippen LogP contribution in [0.4, 0.5) is 0 Å². The zero-order chi connectivity index (χ0) is 10.5.